The van der Waals surface area contributed by atoms with Crippen molar-refractivity contribution in [3.05, 3.63) is 87.7 Å². The first-order chi connectivity index (χ1) is 28.9. The Morgan fingerprint density at radius 3 is 2.34 bits per heavy atom. The molecule has 3 aromatic heterocycles. The minimum atomic E-state index is -4.69. The van der Waals surface area contributed by atoms with Crippen LogP contribution < -0.4 is 16.3 Å². The number of anilines is 1. The summed E-state index contributed by atoms with van der Waals surface area (Å²) in [6.07, 6.45) is 7.05. The molecule has 3 aliphatic rings. The number of nitrogens with one attached hydrogen (secondary N) is 2. The molecule has 1 saturated heterocycles. The number of aliphatic hydroxyl groups is 1. The van der Waals surface area contributed by atoms with Gasteiger partial charge in [-0.3, -0.25) is 33.5 Å². The molecule has 3 amide bonds. The van der Waals surface area contributed by atoms with E-state index in [1.807, 2.05) is 23.0 Å². The number of pyridine rings is 1. The van der Waals surface area contributed by atoms with Crippen LogP contribution in [0.5, 0.6) is 0 Å². The number of nitrogens with zero attached hydrogens (tertiary/aromatic N) is 6. The summed E-state index contributed by atoms with van der Waals surface area (Å²) in [6, 6.07) is 12.5. The third-order valence-corrected chi connectivity index (χ3v) is 13.2. The fraction of sp³-hybridized carbons (Fsp3) is 0.511. The van der Waals surface area contributed by atoms with E-state index in [9.17, 15) is 37.5 Å². The molecule has 1 aliphatic heterocycles. The maximum atomic E-state index is 13.4. The number of imide groups is 1. The van der Waals surface area contributed by atoms with Crippen molar-refractivity contribution in [1.82, 2.24) is 34.1 Å². The first-order valence-electron chi connectivity index (χ1n) is 21.3. The van der Waals surface area contributed by atoms with Crippen LogP contribution in [0.1, 0.15) is 117 Å². The Bertz CT molecular complexity index is 2540. The van der Waals surface area contributed by atoms with E-state index >= 15 is 0 Å². The molecular weight excluding hydrogens is 790 g/mol. The lowest BCUT2D eigenvalue weighted by atomic mass is 9.81. The van der Waals surface area contributed by atoms with Crippen molar-refractivity contribution in [2.75, 3.05) is 18.9 Å². The number of fused-ring (bicyclic) bond motifs is 2. The number of hydrogen-bond acceptors (Lipinski definition) is 8. The van der Waals surface area contributed by atoms with Crippen LogP contribution in [0.15, 0.2) is 59.5 Å². The van der Waals surface area contributed by atoms with Crippen molar-refractivity contribution in [1.29, 1.82) is 0 Å². The number of para-hydroxylation sites is 1. The van der Waals surface area contributed by atoms with E-state index < -0.39 is 35.3 Å². The molecule has 0 bridgehead atoms. The van der Waals surface area contributed by atoms with Crippen LogP contribution in [0.4, 0.5) is 18.9 Å². The van der Waals surface area contributed by atoms with E-state index in [-0.39, 0.29) is 35.4 Å². The van der Waals surface area contributed by atoms with Gasteiger partial charge in [0.15, 0.2) is 0 Å². The van der Waals surface area contributed by atoms with Crippen LogP contribution in [-0.4, -0.2) is 71.3 Å². The predicted octanol–water partition coefficient (Wildman–Crippen LogP) is 7.03. The number of halogens is 3. The lowest BCUT2D eigenvalue weighted by Gasteiger charge is -2.38. The minimum Gasteiger partial charge on any atom is -0.386 e. The quantitative estimate of drug-likeness (QED) is 0.127. The molecular formula is C45H53F3N8O5. The van der Waals surface area contributed by atoms with Crippen molar-refractivity contribution in [3.8, 4) is 0 Å². The predicted molar refractivity (Wildman–Crippen MR) is 224 cm³/mol. The van der Waals surface area contributed by atoms with E-state index in [2.05, 4.69) is 33.6 Å². The molecule has 4 heterocycles. The molecule has 5 aromatic rings. The standard InChI is InChI=1S/C45H53F3N8O5/c1-44(2,61)32-23-34-29(22-35(32)50-41(58)33-8-6-10-38(49-33)45(46,47)48)25-55(52-34)31-17-13-27(14-18-31)24-53(3)30-15-11-26(12-16-30)21-28-7-5-9-36-40(28)54(4)43(60)56(36)37-19-20-39(57)51-42(37)59/h5-10,22-23,25-27,30-31,37,61H,11-21,24H2,1-4H3,(H,50,58)(H,51,57,59)/t26-,27-,30-,31-,37?. The second-order valence-electron chi connectivity index (χ2n) is 17.9. The van der Waals surface area contributed by atoms with Gasteiger partial charge in [-0.1, -0.05) is 18.2 Å². The minimum absolute atomic E-state index is 0.187. The van der Waals surface area contributed by atoms with Crippen LogP contribution in [0.2, 0.25) is 0 Å². The number of hydrogen-bond donors (Lipinski definition) is 3. The Labute approximate surface area is 351 Å². The second kappa shape index (κ2) is 16.5. The highest BCUT2D eigenvalue weighted by Crippen LogP contribution is 2.38. The first-order valence-corrected chi connectivity index (χ1v) is 21.3. The number of imidazole rings is 1. The van der Waals surface area contributed by atoms with Crippen LogP contribution >= 0.6 is 0 Å². The number of carbonyl (C=O) groups is 3. The molecule has 3 fully saturated rings. The summed E-state index contributed by atoms with van der Waals surface area (Å²) in [5, 5.41) is 21.7. The van der Waals surface area contributed by atoms with Gasteiger partial charge >= 0.3 is 11.9 Å². The number of alkyl halides is 3. The second-order valence-corrected chi connectivity index (χ2v) is 17.9. The highest BCUT2D eigenvalue weighted by molar-refractivity contribution is 6.04. The summed E-state index contributed by atoms with van der Waals surface area (Å²) in [5.74, 6) is -0.502. The molecule has 16 heteroatoms. The lowest BCUT2D eigenvalue weighted by Crippen LogP contribution is -2.44. The Morgan fingerprint density at radius 1 is 0.951 bits per heavy atom. The molecule has 13 nitrogen and oxygen atoms in total. The van der Waals surface area contributed by atoms with Gasteiger partial charge in [-0.2, -0.15) is 18.3 Å². The summed E-state index contributed by atoms with van der Waals surface area (Å²) in [6.45, 7) is 4.18. The normalized spacial score (nSPS) is 22.9. The van der Waals surface area contributed by atoms with Crippen LogP contribution in [0.3, 0.4) is 0 Å². The fourth-order valence-electron chi connectivity index (χ4n) is 9.96. The van der Waals surface area contributed by atoms with Gasteiger partial charge < -0.3 is 15.3 Å². The van der Waals surface area contributed by atoms with Gasteiger partial charge in [0.2, 0.25) is 11.8 Å². The highest BCUT2D eigenvalue weighted by Gasteiger charge is 2.35. The molecule has 2 aliphatic carbocycles. The summed E-state index contributed by atoms with van der Waals surface area (Å²) in [5.41, 5.74) is 0.839. The summed E-state index contributed by atoms with van der Waals surface area (Å²) in [4.78, 5) is 57.1. The van der Waals surface area contributed by atoms with Crippen LogP contribution in [-0.2, 0) is 34.8 Å². The maximum absolute atomic E-state index is 13.4. The Hall–Kier alpha value is -5.35. The first kappa shape index (κ1) is 42.3. The van der Waals surface area contributed by atoms with Crippen molar-refractivity contribution in [3.63, 3.8) is 0 Å². The van der Waals surface area contributed by atoms with Gasteiger partial charge in [0.25, 0.3) is 5.91 Å². The fourth-order valence-corrected chi connectivity index (χ4v) is 9.96. The van der Waals surface area contributed by atoms with Gasteiger partial charge in [0.1, 0.15) is 17.4 Å². The van der Waals surface area contributed by atoms with Crippen LogP contribution in [0.25, 0.3) is 21.9 Å². The zero-order chi connectivity index (χ0) is 43.4. The third kappa shape index (κ3) is 8.74. The summed E-state index contributed by atoms with van der Waals surface area (Å²) < 4.78 is 45.0. The van der Waals surface area contributed by atoms with Gasteiger partial charge in [0.05, 0.1) is 28.2 Å². The zero-order valence-corrected chi connectivity index (χ0v) is 35.0. The van der Waals surface area contributed by atoms with E-state index in [0.29, 0.717) is 35.4 Å². The summed E-state index contributed by atoms with van der Waals surface area (Å²) in [7, 11) is 4.00. The van der Waals surface area contributed by atoms with Crippen molar-refractivity contribution < 1.29 is 32.7 Å². The molecule has 0 radical (unpaired) electrons. The molecule has 2 saturated carbocycles. The summed E-state index contributed by atoms with van der Waals surface area (Å²) >= 11 is 0. The number of benzene rings is 2. The Morgan fingerprint density at radius 2 is 1.66 bits per heavy atom. The number of aromatic nitrogens is 5. The average molecular weight is 843 g/mol. The maximum Gasteiger partial charge on any atom is 0.433 e. The number of aryl methyl sites for hydroxylation is 1. The molecule has 61 heavy (non-hydrogen) atoms. The topological polar surface area (TPSA) is 156 Å². The van der Waals surface area contributed by atoms with E-state index in [0.717, 1.165) is 98.4 Å². The third-order valence-electron chi connectivity index (χ3n) is 13.2. The largest absolute Gasteiger partial charge is 0.433 e. The van der Waals surface area contributed by atoms with Gasteiger partial charge in [-0.25, -0.2) is 9.78 Å². The molecule has 1 unspecified atom stereocenters. The van der Waals surface area contributed by atoms with Crippen molar-refractivity contribution in [2.24, 2.45) is 18.9 Å². The van der Waals surface area contributed by atoms with Gasteiger partial charge in [-0.15, -0.1) is 0 Å². The number of amides is 3. The zero-order valence-electron chi connectivity index (χ0n) is 35.0. The van der Waals surface area contributed by atoms with E-state index in [4.69, 9.17) is 5.10 Å². The Balaban J connectivity index is 0.860. The highest BCUT2D eigenvalue weighted by atomic mass is 19.4. The van der Waals surface area contributed by atoms with Crippen molar-refractivity contribution >= 4 is 45.3 Å². The van der Waals surface area contributed by atoms with Crippen molar-refractivity contribution in [2.45, 2.75) is 114 Å². The molecule has 2 aromatic carbocycles. The SMILES string of the molecule is Cn1c(=O)n(C2CCC(=O)NC2=O)c2cccc(C[C@H]3CC[C@H](N(C)C[C@H]4CC[C@H](n5cc6cc(NC(=O)c7cccc(C(F)(F)F)n7)c(C(C)(C)O)cc6n5)CC4)CC3)c21. The van der Waals surface area contributed by atoms with Gasteiger partial charge in [0, 0.05) is 48.9 Å². The Kier molecular flexibility index (Phi) is 11.5. The number of carbonyl (C=O) groups excluding carboxylic acids is 3. The molecule has 1 atom stereocenters. The van der Waals surface area contributed by atoms with E-state index in [1.165, 1.54) is 6.07 Å². The lowest BCUT2D eigenvalue weighted by molar-refractivity contribution is -0.141. The number of piperidine rings is 1. The molecule has 8 rings (SSSR count). The smallest absolute Gasteiger partial charge is 0.386 e. The average Bonchev–Trinajstić information content (AvgIpc) is 3.75. The molecule has 324 valence electrons. The van der Waals surface area contributed by atoms with E-state index in [1.54, 1.807) is 42.2 Å². The molecule has 0 spiro atoms. The molecule has 3 N–H and O–H groups in total. The number of rotatable bonds is 10. The van der Waals surface area contributed by atoms with Crippen LogP contribution in [0, 0.1) is 11.8 Å². The van der Waals surface area contributed by atoms with Gasteiger partial charge in [-0.05, 0) is 133 Å². The monoisotopic (exact) mass is 842 g/mol.